The molecule has 0 aliphatic heterocycles. The van der Waals surface area contributed by atoms with Gasteiger partial charge in [-0.25, -0.2) is 0 Å². The first-order valence-electron chi connectivity index (χ1n) is 7.07. The molecule has 0 amide bonds. The number of fused-ring (bicyclic) bond motifs is 1. The van der Waals surface area contributed by atoms with Crippen molar-refractivity contribution in [2.24, 2.45) is 5.92 Å². The molecule has 0 heterocycles. The van der Waals surface area contributed by atoms with Crippen LogP contribution in [0.1, 0.15) is 35.3 Å². The molecule has 0 bridgehead atoms. The fraction of sp³-hybridized carbons (Fsp3) is 0.333. The maximum atomic E-state index is 6.30. The summed E-state index contributed by atoms with van der Waals surface area (Å²) in [6, 6.07) is 12.3. The van der Waals surface area contributed by atoms with Gasteiger partial charge in [0, 0.05) is 10.9 Å². The molecule has 2 aromatic rings. The monoisotopic (exact) mass is 286 g/mol. The van der Waals surface area contributed by atoms with E-state index in [9.17, 15) is 0 Å². The van der Waals surface area contributed by atoms with Crippen LogP contribution in [0.3, 0.4) is 0 Å². The smallest absolute Gasteiger partial charge is 0.127 e. The van der Waals surface area contributed by atoms with Gasteiger partial charge >= 0.3 is 0 Å². The molecule has 1 aliphatic rings. The Kier molecular flexibility index (Phi) is 3.47. The Balaban J connectivity index is 1.98. The largest absolute Gasteiger partial charge is 0.485 e. The van der Waals surface area contributed by atoms with Gasteiger partial charge in [-0.15, -0.1) is 0 Å². The van der Waals surface area contributed by atoms with Crippen LogP contribution in [0.25, 0.3) is 0 Å². The summed E-state index contributed by atoms with van der Waals surface area (Å²) in [7, 11) is 0. The average Bonchev–Trinajstić information content (AvgIpc) is 2.70. The lowest BCUT2D eigenvalue weighted by atomic mass is 10.0. The van der Waals surface area contributed by atoms with Crippen LogP contribution in [0, 0.1) is 19.8 Å². The van der Waals surface area contributed by atoms with Crippen LogP contribution >= 0.6 is 11.6 Å². The molecular weight excluding hydrogens is 268 g/mol. The van der Waals surface area contributed by atoms with Crippen molar-refractivity contribution in [2.45, 2.75) is 33.3 Å². The van der Waals surface area contributed by atoms with Gasteiger partial charge in [-0.05, 0) is 60.7 Å². The van der Waals surface area contributed by atoms with Crippen LogP contribution < -0.4 is 4.74 Å². The van der Waals surface area contributed by atoms with E-state index >= 15 is 0 Å². The third-order valence-corrected chi connectivity index (χ3v) is 4.39. The summed E-state index contributed by atoms with van der Waals surface area (Å²) >= 11 is 6.22. The third-order valence-electron chi connectivity index (χ3n) is 4.17. The molecule has 0 N–H and O–H groups in total. The molecule has 0 spiro atoms. The summed E-state index contributed by atoms with van der Waals surface area (Å²) < 4.78 is 6.30. The Morgan fingerprint density at radius 1 is 1.10 bits per heavy atom. The van der Waals surface area contributed by atoms with Crippen molar-refractivity contribution in [3.63, 3.8) is 0 Å². The summed E-state index contributed by atoms with van der Waals surface area (Å²) in [6.07, 6.45) is 1.16. The lowest BCUT2D eigenvalue weighted by molar-refractivity contribution is 0.158. The van der Waals surface area contributed by atoms with Crippen molar-refractivity contribution < 1.29 is 4.74 Å². The third kappa shape index (κ3) is 2.31. The highest BCUT2D eigenvalue weighted by molar-refractivity contribution is 6.30. The fourth-order valence-electron chi connectivity index (χ4n) is 3.07. The van der Waals surface area contributed by atoms with E-state index in [1.165, 1.54) is 22.3 Å². The first kappa shape index (κ1) is 13.5. The van der Waals surface area contributed by atoms with Crippen LogP contribution in [0.2, 0.25) is 5.02 Å². The van der Waals surface area contributed by atoms with Crippen molar-refractivity contribution in [2.75, 3.05) is 0 Å². The van der Waals surface area contributed by atoms with E-state index in [4.69, 9.17) is 16.3 Å². The van der Waals surface area contributed by atoms with E-state index in [1.54, 1.807) is 0 Å². The van der Waals surface area contributed by atoms with E-state index in [0.29, 0.717) is 5.92 Å². The number of para-hydroxylation sites is 1. The molecule has 1 unspecified atom stereocenters. The second-order valence-electron chi connectivity index (χ2n) is 5.78. The molecule has 0 radical (unpaired) electrons. The number of aryl methyl sites for hydroxylation is 2. The lowest BCUT2D eigenvalue weighted by Crippen LogP contribution is -2.12. The molecule has 20 heavy (non-hydrogen) atoms. The predicted octanol–water partition coefficient (Wildman–Crippen LogP) is 5.27. The molecule has 0 fully saturated rings. The molecule has 1 aliphatic carbocycles. The van der Waals surface area contributed by atoms with Crippen molar-refractivity contribution in [1.82, 2.24) is 0 Å². The van der Waals surface area contributed by atoms with Crippen molar-refractivity contribution >= 4 is 11.6 Å². The van der Waals surface area contributed by atoms with Crippen LogP contribution in [0.15, 0.2) is 36.4 Å². The highest BCUT2D eigenvalue weighted by Gasteiger charge is 2.32. The lowest BCUT2D eigenvalue weighted by Gasteiger charge is -2.20. The first-order valence-corrected chi connectivity index (χ1v) is 7.45. The van der Waals surface area contributed by atoms with Crippen LogP contribution in [0.4, 0.5) is 0 Å². The van der Waals surface area contributed by atoms with Gasteiger partial charge in [-0.2, -0.15) is 0 Å². The number of benzene rings is 2. The zero-order valence-electron chi connectivity index (χ0n) is 12.1. The molecule has 104 valence electrons. The number of halogens is 1. The number of hydrogen-bond donors (Lipinski definition) is 0. The van der Waals surface area contributed by atoms with Crippen molar-refractivity contribution in [3.05, 3.63) is 63.7 Å². The Bertz CT molecular complexity index is 648. The topological polar surface area (TPSA) is 9.23 Å². The van der Waals surface area contributed by atoms with E-state index in [2.05, 4.69) is 32.9 Å². The molecule has 2 heteroatoms. The van der Waals surface area contributed by atoms with Crippen LogP contribution in [-0.2, 0) is 6.42 Å². The second kappa shape index (κ2) is 5.14. The standard InChI is InChI=1S/C18H19ClO/c1-11-6-4-5-7-17(11)20-18-13(3)9-15-12(2)8-14(19)10-16(15)18/h4-8,10,13,18H,9H2,1-3H3/t13?,18-/m1/s1. The summed E-state index contributed by atoms with van der Waals surface area (Å²) in [4.78, 5) is 0. The molecule has 0 aromatic heterocycles. The maximum absolute atomic E-state index is 6.30. The van der Waals surface area contributed by atoms with E-state index in [0.717, 1.165) is 17.2 Å². The van der Waals surface area contributed by atoms with Gasteiger partial charge in [-0.3, -0.25) is 0 Å². The minimum atomic E-state index is 0.100. The van der Waals surface area contributed by atoms with Crippen molar-refractivity contribution in [1.29, 1.82) is 0 Å². The van der Waals surface area contributed by atoms with Gasteiger partial charge < -0.3 is 4.74 Å². The normalized spacial score (nSPS) is 20.8. The van der Waals surface area contributed by atoms with Crippen LogP contribution in [0.5, 0.6) is 5.75 Å². The first-order chi connectivity index (χ1) is 9.56. The zero-order chi connectivity index (χ0) is 14.3. The zero-order valence-corrected chi connectivity index (χ0v) is 12.9. The van der Waals surface area contributed by atoms with Crippen molar-refractivity contribution in [3.8, 4) is 5.75 Å². The van der Waals surface area contributed by atoms with Crippen LogP contribution in [-0.4, -0.2) is 0 Å². The Hall–Kier alpha value is -1.47. The van der Waals surface area contributed by atoms with Gasteiger partial charge in [0.1, 0.15) is 11.9 Å². The average molecular weight is 287 g/mol. The summed E-state index contributed by atoms with van der Waals surface area (Å²) in [5, 5.41) is 0.800. The number of hydrogen-bond acceptors (Lipinski definition) is 1. The van der Waals surface area contributed by atoms with Gasteiger partial charge in [-0.1, -0.05) is 36.7 Å². The van der Waals surface area contributed by atoms with Gasteiger partial charge in [0.2, 0.25) is 0 Å². The maximum Gasteiger partial charge on any atom is 0.127 e. The summed E-state index contributed by atoms with van der Waals surface area (Å²) in [6.45, 7) is 6.46. The Morgan fingerprint density at radius 3 is 2.60 bits per heavy atom. The second-order valence-corrected chi connectivity index (χ2v) is 6.21. The molecule has 2 atom stereocenters. The van der Waals surface area contributed by atoms with E-state index in [1.807, 2.05) is 24.3 Å². The fourth-order valence-corrected chi connectivity index (χ4v) is 3.35. The minimum Gasteiger partial charge on any atom is -0.485 e. The summed E-state index contributed by atoms with van der Waals surface area (Å²) in [5.41, 5.74) is 5.10. The molecular formula is C18H19ClO. The van der Waals surface area contributed by atoms with E-state index < -0.39 is 0 Å². The molecule has 1 nitrogen and oxygen atoms in total. The minimum absolute atomic E-state index is 0.100. The Labute approximate surface area is 125 Å². The molecule has 2 aromatic carbocycles. The highest BCUT2D eigenvalue weighted by atomic mass is 35.5. The quantitative estimate of drug-likeness (QED) is 0.731. The molecule has 0 saturated carbocycles. The highest BCUT2D eigenvalue weighted by Crippen LogP contribution is 2.42. The Morgan fingerprint density at radius 2 is 1.85 bits per heavy atom. The van der Waals surface area contributed by atoms with Gasteiger partial charge in [0.05, 0.1) is 0 Å². The van der Waals surface area contributed by atoms with E-state index in [-0.39, 0.29) is 6.10 Å². The number of rotatable bonds is 2. The molecule has 3 rings (SSSR count). The SMILES string of the molecule is Cc1ccccc1O[C@H]1c2cc(Cl)cc(C)c2CC1C. The predicted molar refractivity (Wildman–Crippen MR) is 83.6 cm³/mol. The number of ether oxygens (including phenoxy) is 1. The van der Waals surface area contributed by atoms with Gasteiger partial charge in [0.25, 0.3) is 0 Å². The molecule has 0 saturated heterocycles. The van der Waals surface area contributed by atoms with Gasteiger partial charge in [0.15, 0.2) is 0 Å². The summed E-state index contributed by atoms with van der Waals surface area (Å²) in [5.74, 6) is 1.44.